The standard InChI is InChI=1S/C27H22F2N4O2S/c1-16-7-12-20(13-21(16)29)30-25(34)15-24-26(35)31-27(36-24)33-23(18-8-10-19(28)11-9-18)14-22(32-33)17-5-3-2-4-6-17/h2-13,23-24H,14-15H2,1H3,(H,30,34)/t23-,24+/m0/s1. The molecule has 3 aromatic rings. The van der Waals surface area contributed by atoms with Crippen LogP contribution in [0.1, 0.15) is 35.6 Å². The van der Waals surface area contributed by atoms with Crippen molar-refractivity contribution < 1.29 is 18.4 Å². The maximum atomic E-state index is 13.8. The van der Waals surface area contributed by atoms with E-state index >= 15 is 0 Å². The molecule has 2 heterocycles. The number of carbonyl (C=O) groups excluding carboxylic acids is 2. The number of benzene rings is 3. The average molecular weight is 505 g/mol. The molecule has 0 unspecified atom stereocenters. The average Bonchev–Trinajstić information content (AvgIpc) is 3.46. The Labute approximate surface area is 211 Å². The number of thioether (sulfide) groups is 1. The Morgan fingerprint density at radius 1 is 1.08 bits per heavy atom. The van der Waals surface area contributed by atoms with Crippen LogP contribution in [-0.4, -0.2) is 33.0 Å². The predicted molar refractivity (Wildman–Crippen MR) is 137 cm³/mol. The highest BCUT2D eigenvalue weighted by atomic mass is 32.2. The Morgan fingerprint density at radius 3 is 2.56 bits per heavy atom. The van der Waals surface area contributed by atoms with Gasteiger partial charge in [0.1, 0.15) is 16.9 Å². The summed E-state index contributed by atoms with van der Waals surface area (Å²) in [5.74, 6) is -1.60. The normalized spacial score (nSPS) is 19.3. The molecule has 0 saturated heterocycles. The molecule has 9 heteroatoms. The number of rotatable bonds is 5. The second kappa shape index (κ2) is 10.0. The minimum absolute atomic E-state index is 0.115. The summed E-state index contributed by atoms with van der Waals surface area (Å²) in [5, 5.41) is 8.75. The number of hydrazone groups is 1. The third kappa shape index (κ3) is 5.06. The SMILES string of the molecule is Cc1ccc(NC(=O)C[C@H]2SC(N3N=C(c4ccccc4)C[C@H]3c3ccc(F)cc3)=NC2=O)cc1F. The molecule has 36 heavy (non-hydrogen) atoms. The van der Waals surface area contributed by atoms with Crippen molar-refractivity contribution in [1.29, 1.82) is 0 Å². The Kier molecular flexibility index (Phi) is 6.65. The van der Waals surface area contributed by atoms with Gasteiger partial charge in [0.2, 0.25) is 5.91 Å². The second-order valence-electron chi connectivity index (χ2n) is 8.58. The van der Waals surface area contributed by atoms with E-state index in [0.717, 1.165) is 16.8 Å². The number of nitrogens with one attached hydrogen (secondary N) is 1. The molecule has 182 valence electrons. The third-order valence-electron chi connectivity index (χ3n) is 6.02. The Bertz CT molecular complexity index is 1380. The molecule has 2 aliphatic rings. The molecule has 2 amide bonds. The summed E-state index contributed by atoms with van der Waals surface area (Å²) >= 11 is 1.17. The van der Waals surface area contributed by atoms with Crippen molar-refractivity contribution in [1.82, 2.24) is 5.01 Å². The van der Waals surface area contributed by atoms with Crippen molar-refractivity contribution in [3.8, 4) is 0 Å². The predicted octanol–water partition coefficient (Wildman–Crippen LogP) is 5.45. The van der Waals surface area contributed by atoms with Gasteiger partial charge in [-0.1, -0.05) is 60.3 Å². The van der Waals surface area contributed by atoms with E-state index in [0.29, 0.717) is 22.8 Å². The van der Waals surface area contributed by atoms with Crippen LogP contribution in [0, 0.1) is 18.6 Å². The minimum Gasteiger partial charge on any atom is -0.326 e. The Balaban J connectivity index is 1.33. The molecule has 0 bridgehead atoms. The van der Waals surface area contributed by atoms with Crippen molar-refractivity contribution >= 4 is 40.1 Å². The highest BCUT2D eigenvalue weighted by molar-refractivity contribution is 8.15. The summed E-state index contributed by atoms with van der Waals surface area (Å²) in [7, 11) is 0. The maximum Gasteiger partial charge on any atom is 0.262 e. The molecule has 2 atom stereocenters. The fourth-order valence-electron chi connectivity index (χ4n) is 4.09. The summed E-state index contributed by atoms with van der Waals surface area (Å²) in [6, 6.07) is 20.0. The lowest BCUT2D eigenvalue weighted by Crippen LogP contribution is -2.25. The van der Waals surface area contributed by atoms with Crippen LogP contribution in [0.3, 0.4) is 0 Å². The first-order chi connectivity index (χ1) is 17.4. The lowest BCUT2D eigenvalue weighted by Gasteiger charge is -2.23. The zero-order chi connectivity index (χ0) is 25.2. The minimum atomic E-state index is -0.722. The smallest absolute Gasteiger partial charge is 0.262 e. The summed E-state index contributed by atoms with van der Waals surface area (Å²) in [5.41, 5.74) is 3.41. The van der Waals surface area contributed by atoms with Crippen LogP contribution in [0.5, 0.6) is 0 Å². The van der Waals surface area contributed by atoms with Gasteiger partial charge in [-0.25, -0.2) is 13.8 Å². The van der Waals surface area contributed by atoms with Gasteiger partial charge < -0.3 is 5.32 Å². The molecule has 6 nitrogen and oxygen atoms in total. The number of carbonyl (C=O) groups is 2. The highest BCUT2D eigenvalue weighted by Crippen LogP contribution is 2.38. The van der Waals surface area contributed by atoms with Gasteiger partial charge in [-0.05, 0) is 47.9 Å². The Morgan fingerprint density at radius 2 is 1.83 bits per heavy atom. The molecule has 2 aliphatic heterocycles. The molecule has 3 aromatic carbocycles. The fraction of sp³-hybridized carbons (Fsp3) is 0.185. The number of aryl methyl sites for hydroxylation is 1. The van der Waals surface area contributed by atoms with Crippen molar-refractivity contribution in [2.45, 2.75) is 31.1 Å². The largest absolute Gasteiger partial charge is 0.326 e. The second-order valence-corrected chi connectivity index (χ2v) is 9.75. The zero-order valence-corrected chi connectivity index (χ0v) is 20.1. The van der Waals surface area contributed by atoms with Crippen LogP contribution in [-0.2, 0) is 9.59 Å². The first kappa shape index (κ1) is 23.9. The van der Waals surface area contributed by atoms with Gasteiger partial charge in [-0.2, -0.15) is 10.1 Å². The molecule has 0 spiro atoms. The summed E-state index contributed by atoms with van der Waals surface area (Å²) in [4.78, 5) is 29.5. The van der Waals surface area contributed by atoms with E-state index in [-0.39, 0.29) is 18.3 Å². The van der Waals surface area contributed by atoms with Crippen molar-refractivity contribution in [3.63, 3.8) is 0 Å². The van der Waals surface area contributed by atoms with E-state index in [1.165, 1.54) is 30.0 Å². The third-order valence-corrected chi connectivity index (χ3v) is 7.17. The molecular formula is C27H22F2N4O2S. The van der Waals surface area contributed by atoms with Crippen molar-refractivity contribution in [2.75, 3.05) is 5.32 Å². The number of aliphatic imine (C=N–C) groups is 1. The first-order valence-corrected chi connectivity index (χ1v) is 12.3. The van der Waals surface area contributed by atoms with E-state index < -0.39 is 22.9 Å². The van der Waals surface area contributed by atoms with E-state index in [1.807, 2.05) is 30.3 Å². The number of amidine groups is 1. The zero-order valence-electron chi connectivity index (χ0n) is 19.3. The molecule has 5 rings (SSSR count). The number of hydrogen-bond acceptors (Lipinski definition) is 5. The van der Waals surface area contributed by atoms with E-state index in [1.54, 1.807) is 36.2 Å². The summed E-state index contributed by atoms with van der Waals surface area (Å²) in [6.45, 7) is 1.64. The number of halogens is 2. The molecular weight excluding hydrogens is 482 g/mol. The van der Waals surface area contributed by atoms with Crippen LogP contribution in [0.25, 0.3) is 0 Å². The summed E-state index contributed by atoms with van der Waals surface area (Å²) < 4.78 is 27.4. The molecule has 0 aromatic heterocycles. The van der Waals surface area contributed by atoms with Crippen molar-refractivity contribution in [2.24, 2.45) is 10.1 Å². The first-order valence-electron chi connectivity index (χ1n) is 11.4. The van der Waals surface area contributed by atoms with Crippen LogP contribution in [0.15, 0.2) is 82.9 Å². The van der Waals surface area contributed by atoms with Gasteiger partial charge in [-0.15, -0.1) is 0 Å². The van der Waals surface area contributed by atoms with Gasteiger partial charge in [0.05, 0.1) is 11.8 Å². The van der Waals surface area contributed by atoms with Gasteiger partial charge in [-0.3, -0.25) is 9.59 Å². The van der Waals surface area contributed by atoms with E-state index in [2.05, 4.69) is 10.3 Å². The van der Waals surface area contributed by atoms with Gasteiger partial charge in [0.15, 0.2) is 5.17 Å². The number of hydrogen-bond donors (Lipinski definition) is 1. The Hall–Kier alpha value is -3.85. The van der Waals surface area contributed by atoms with Crippen molar-refractivity contribution in [3.05, 3.63) is 101 Å². The fourth-order valence-corrected chi connectivity index (χ4v) is 5.15. The van der Waals surface area contributed by atoms with Crippen LogP contribution in [0.2, 0.25) is 0 Å². The van der Waals surface area contributed by atoms with Crippen LogP contribution < -0.4 is 5.32 Å². The quantitative estimate of drug-likeness (QED) is 0.501. The van der Waals surface area contributed by atoms with E-state index in [4.69, 9.17) is 5.10 Å². The lowest BCUT2D eigenvalue weighted by atomic mass is 9.99. The summed E-state index contributed by atoms with van der Waals surface area (Å²) in [6.07, 6.45) is 0.434. The molecule has 0 fully saturated rings. The number of amides is 2. The molecule has 0 radical (unpaired) electrons. The van der Waals surface area contributed by atoms with Crippen LogP contribution >= 0.6 is 11.8 Å². The van der Waals surface area contributed by atoms with Crippen LogP contribution in [0.4, 0.5) is 14.5 Å². The topological polar surface area (TPSA) is 74.1 Å². The molecule has 0 saturated carbocycles. The van der Waals surface area contributed by atoms with Gasteiger partial charge >= 0.3 is 0 Å². The number of anilines is 1. The van der Waals surface area contributed by atoms with E-state index in [9.17, 15) is 18.4 Å². The monoisotopic (exact) mass is 504 g/mol. The maximum absolute atomic E-state index is 13.8. The highest BCUT2D eigenvalue weighted by Gasteiger charge is 2.39. The molecule has 0 aliphatic carbocycles. The lowest BCUT2D eigenvalue weighted by molar-refractivity contribution is -0.121. The van der Waals surface area contributed by atoms with Gasteiger partial charge in [0, 0.05) is 18.5 Å². The van der Waals surface area contributed by atoms with Gasteiger partial charge in [0.25, 0.3) is 5.91 Å². The molecule has 1 N–H and O–H groups in total. The number of nitrogens with zero attached hydrogens (tertiary/aromatic N) is 3.